The number of aromatic amines is 1. The molecule has 1 aliphatic rings. The summed E-state index contributed by atoms with van der Waals surface area (Å²) in [5, 5.41) is 2.86. The maximum Gasteiger partial charge on any atom is 0.267 e. The topological polar surface area (TPSA) is 108 Å². The van der Waals surface area contributed by atoms with Crippen LogP contribution in [-0.4, -0.2) is 60.8 Å². The number of unbranched alkanes of at least 4 members (excludes halogenated alkanes) is 1. The maximum absolute atomic E-state index is 12.6. The Bertz CT molecular complexity index is 639. The van der Waals surface area contributed by atoms with Crippen molar-refractivity contribution in [2.75, 3.05) is 31.1 Å². The summed E-state index contributed by atoms with van der Waals surface area (Å²) in [6.07, 6.45) is 4.22. The van der Waals surface area contributed by atoms with Gasteiger partial charge in [-0.2, -0.15) is 16.1 Å². The van der Waals surface area contributed by atoms with Crippen molar-refractivity contribution < 1.29 is 13.2 Å². The molecule has 0 saturated carbocycles. The summed E-state index contributed by atoms with van der Waals surface area (Å²) in [7, 11) is -3.54. The summed E-state index contributed by atoms with van der Waals surface area (Å²) in [4.78, 5) is 15.2. The van der Waals surface area contributed by atoms with Gasteiger partial charge in [0.2, 0.25) is 10.0 Å². The van der Waals surface area contributed by atoms with Crippen molar-refractivity contribution in [2.24, 2.45) is 5.73 Å². The molecule has 2 rings (SSSR count). The molecule has 2 heterocycles. The van der Waals surface area contributed by atoms with E-state index in [1.807, 2.05) is 0 Å². The molecule has 0 bridgehead atoms. The van der Waals surface area contributed by atoms with Crippen molar-refractivity contribution >= 4 is 27.7 Å². The van der Waals surface area contributed by atoms with Gasteiger partial charge in [-0.1, -0.05) is 19.8 Å². The molecule has 1 aliphatic heterocycles. The second-order valence-corrected chi connectivity index (χ2v) is 8.98. The number of hydrogen-bond donors (Lipinski definition) is 3. The first-order chi connectivity index (χ1) is 11.5. The van der Waals surface area contributed by atoms with Crippen molar-refractivity contribution in [3.05, 3.63) is 18.0 Å². The molecule has 1 aromatic rings. The largest absolute Gasteiger partial charge is 0.356 e. The Morgan fingerprint density at radius 3 is 2.79 bits per heavy atom. The molecule has 9 heteroatoms. The Balaban J connectivity index is 2.04. The molecule has 1 aromatic heterocycles. The lowest BCUT2D eigenvalue weighted by Gasteiger charge is -2.24. The van der Waals surface area contributed by atoms with Crippen LogP contribution in [0.1, 0.15) is 36.7 Å². The molecule has 4 N–H and O–H groups in total. The summed E-state index contributed by atoms with van der Waals surface area (Å²) in [5.41, 5.74) is 5.93. The number of carbonyl (C=O) groups is 1. The van der Waals surface area contributed by atoms with Gasteiger partial charge in [-0.15, -0.1) is 0 Å². The van der Waals surface area contributed by atoms with Gasteiger partial charge in [-0.3, -0.25) is 4.79 Å². The first kappa shape index (κ1) is 19.3. The number of sulfonamides is 1. The number of hydrogen-bond acceptors (Lipinski definition) is 5. The predicted molar refractivity (Wildman–Crippen MR) is 96.7 cm³/mol. The Labute approximate surface area is 147 Å². The number of amides is 1. The van der Waals surface area contributed by atoms with E-state index < -0.39 is 10.0 Å². The number of thioether (sulfide) groups is 1. The van der Waals surface area contributed by atoms with Crippen LogP contribution in [-0.2, 0) is 10.0 Å². The third kappa shape index (κ3) is 4.75. The normalized spacial score (nSPS) is 17.6. The van der Waals surface area contributed by atoms with Gasteiger partial charge in [-0.25, -0.2) is 8.42 Å². The number of nitrogens with one attached hydrogen (secondary N) is 2. The average Bonchev–Trinajstić information content (AvgIpc) is 3.10. The smallest absolute Gasteiger partial charge is 0.267 e. The molecule has 1 saturated heterocycles. The fraction of sp³-hybridized carbons (Fsp3) is 0.667. The molecular formula is C15H26N4O3S2. The van der Waals surface area contributed by atoms with Gasteiger partial charge in [0.1, 0.15) is 10.6 Å². The highest BCUT2D eigenvalue weighted by Crippen LogP contribution is 2.20. The highest BCUT2D eigenvalue weighted by atomic mass is 32.2. The lowest BCUT2D eigenvalue weighted by molar-refractivity contribution is 0.0931. The van der Waals surface area contributed by atoms with E-state index in [9.17, 15) is 13.2 Å². The van der Waals surface area contributed by atoms with Crippen molar-refractivity contribution in [3.8, 4) is 0 Å². The monoisotopic (exact) mass is 374 g/mol. The molecule has 7 nitrogen and oxygen atoms in total. The van der Waals surface area contributed by atoms with Gasteiger partial charge in [0.05, 0.1) is 0 Å². The number of rotatable bonds is 8. The minimum absolute atomic E-state index is 0.0973. The minimum atomic E-state index is -3.54. The van der Waals surface area contributed by atoms with Gasteiger partial charge in [0, 0.05) is 43.4 Å². The molecule has 1 unspecified atom stereocenters. The molecule has 1 atom stereocenters. The summed E-state index contributed by atoms with van der Waals surface area (Å²) in [6.45, 7) is 3.46. The van der Waals surface area contributed by atoms with Crippen LogP contribution in [0.25, 0.3) is 0 Å². The molecule has 0 spiro atoms. The van der Waals surface area contributed by atoms with Crippen LogP contribution in [0.3, 0.4) is 0 Å². The lowest BCUT2D eigenvalue weighted by Crippen LogP contribution is -2.40. The van der Waals surface area contributed by atoms with Crippen LogP contribution in [0, 0.1) is 0 Å². The van der Waals surface area contributed by atoms with E-state index in [0.29, 0.717) is 19.6 Å². The van der Waals surface area contributed by atoms with E-state index in [4.69, 9.17) is 5.73 Å². The molecule has 0 radical (unpaired) electrons. The first-order valence-corrected chi connectivity index (χ1v) is 10.9. The Morgan fingerprint density at radius 1 is 1.46 bits per heavy atom. The van der Waals surface area contributed by atoms with Gasteiger partial charge in [-0.05, 0) is 12.5 Å². The standard InChI is InChI=1S/C15H26N4O3S2/c1-2-3-4-12(10-16)18-15(20)14-9-13(11-17-14)24(21,22)19-5-7-23-8-6-19/h9,11-12,17H,2-8,10,16H2,1H3,(H,18,20). The molecule has 0 aliphatic carbocycles. The van der Waals surface area contributed by atoms with Gasteiger partial charge < -0.3 is 16.0 Å². The van der Waals surface area contributed by atoms with E-state index in [-0.39, 0.29) is 22.5 Å². The molecule has 1 fully saturated rings. The summed E-state index contributed by atoms with van der Waals surface area (Å²) in [5.74, 6) is 1.27. The summed E-state index contributed by atoms with van der Waals surface area (Å²) in [6, 6.07) is 1.31. The van der Waals surface area contributed by atoms with Crippen LogP contribution in [0.4, 0.5) is 0 Å². The number of nitrogens with two attached hydrogens (primary N) is 1. The zero-order valence-electron chi connectivity index (χ0n) is 14.0. The number of H-pyrrole nitrogens is 1. The Morgan fingerprint density at radius 2 is 2.17 bits per heavy atom. The lowest BCUT2D eigenvalue weighted by atomic mass is 10.1. The third-order valence-electron chi connectivity index (χ3n) is 4.03. The third-order valence-corrected chi connectivity index (χ3v) is 6.85. The minimum Gasteiger partial charge on any atom is -0.356 e. The molecule has 136 valence electrons. The molecule has 0 aromatic carbocycles. The van der Waals surface area contributed by atoms with Crippen LogP contribution in [0.2, 0.25) is 0 Å². The number of aromatic nitrogens is 1. The van der Waals surface area contributed by atoms with Gasteiger partial charge >= 0.3 is 0 Å². The fourth-order valence-corrected chi connectivity index (χ4v) is 5.12. The second kappa shape index (κ2) is 8.89. The van der Waals surface area contributed by atoms with Crippen LogP contribution >= 0.6 is 11.8 Å². The van der Waals surface area contributed by atoms with Crippen molar-refractivity contribution in [3.63, 3.8) is 0 Å². The van der Waals surface area contributed by atoms with Crippen LogP contribution in [0.15, 0.2) is 17.2 Å². The average molecular weight is 375 g/mol. The predicted octanol–water partition coefficient (Wildman–Crippen LogP) is 1.000. The zero-order valence-corrected chi connectivity index (χ0v) is 15.6. The van der Waals surface area contributed by atoms with Crippen LogP contribution in [0.5, 0.6) is 0 Å². The van der Waals surface area contributed by atoms with E-state index in [1.165, 1.54) is 16.6 Å². The molecular weight excluding hydrogens is 348 g/mol. The Hall–Kier alpha value is -1.03. The first-order valence-electron chi connectivity index (χ1n) is 8.26. The SMILES string of the molecule is CCCCC(CN)NC(=O)c1cc(S(=O)(=O)N2CCSCC2)c[nH]1. The fourth-order valence-electron chi connectivity index (χ4n) is 2.55. The highest BCUT2D eigenvalue weighted by molar-refractivity contribution is 7.99. The summed E-state index contributed by atoms with van der Waals surface area (Å²) < 4.78 is 26.6. The quantitative estimate of drug-likeness (QED) is 0.629. The molecule has 24 heavy (non-hydrogen) atoms. The number of carbonyl (C=O) groups excluding carboxylic acids is 1. The zero-order chi connectivity index (χ0) is 17.6. The number of nitrogens with zero attached hydrogens (tertiary/aromatic N) is 1. The van der Waals surface area contributed by atoms with E-state index in [1.54, 1.807) is 11.8 Å². The van der Waals surface area contributed by atoms with Crippen molar-refractivity contribution in [2.45, 2.75) is 37.1 Å². The van der Waals surface area contributed by atoms with E-state index >= 15 is 0 Å². The maximum atomic E-state index is 12.6. The summed E-state index contributed by atoms with van der Waals surface area (Å²) >= 11 is 1.75. The van der Waals surface area contributed by atoms with Crippen molar-refractivity contribution in [1.82, 2.24) is 14.6 Å². The molecule has 1 amide bonds. The van der Waals surface area contributed by atoms with E-state index in [0.717, 1.165) is 30.8 Å². The highest BCUT2D eigenvalue weighted by Gasteiger charge is 2.28. The second-order valence-electron chi connectivity index (χ2n) is 5.81. The van der Waals surface area contributed by atoms with Crippen molar-refractivity contribution in [1.29, 1.82) is 0 Å². The van der Waals surface area contributed by atoms with Gasteiger partial charge in [0.25, 0.3) is 5.91 Å². The van der Waals surface area contributed by atoms with Crippen LogP contribution < -0.4 is 11.1 Å². The van der Waals surface area contributed by atoms with Gasteiger partial charge in [0.15, 0.2) is 0 Å². The van der Waals surface area contributed by atoms with E-state index in [2.05, 4.69) is 17.2 Å². The Kier molecular flexibility index (Phi) is 7.15.